The standard InChI is InChI=1S/C18H21NO2/c1-19(14-15-7-6-10-17(13-15)21-2)12-11-18(20)16-8-4-3-5-9-16/h3-10,13H,11-12,14H2,1-2H3. The Kier molecular flexibility index (Phi) is 5.52. The van der Waals surface area contributed by atoms with Gasteiger partial charge in [0.2, 0.25) is 0 Å². The van der Waals surface area contributed by atoms with E-state index in [1.54, 1.807) is 7.11 Å². The Bertz CT molecular complexity index is 581. The maximum absolute atomic E-state index is 12.1. The molecule has 0 aliphatic rings. The average Bonchev–Trinajstić information content (AvgIpc) is 2.53. The fraction of sp³-hybridized carbons (Fsp3) is 0.278. The van der Waals surface area contributed by atoms with Gasteiger partial charge in [-0.2, -0.15) is 0 Å². The first-order chi connectivity index (χ1) is 10.2. The molecule has 0 unspecified atom stereocenters. The zero-order chi connectivity index (χ0) is 15.1. The zero-order valence-corrected chi connectivity index (χ0v) is 12.6. The fourth-order valence-electron chi connectivity index (χ4n) is 2.22. The first-order valence-corrected chi connectivity index (χ1v) is 7.09. The molecule has 2 aromatic rings. The summed E-state index contributed by atoms with van der Waals surface area (Å²) >= 11 is 0. The van der Waals surface area contributed by atoms with Gasteiger partial charge in [-0.25, -0.2) is 0 Å². The smallest absolute Gasteiger partial charge is 0.164 e. The molecular formula is C18H21NO2. The van der Waals surface area contributed by atoms with Crippen LogP contribution in [0, 0.1) is 0 Å². The Morgan fingerprint density at radius 2 is 1.86 bits per heavy atom. The number of Topliss-reactive ketones (excluding diaryl/α,β-unsaturated/α-hetero) is 1. The number of benzene rings is 2. The molecule has 0 aliphatic heterocycles. The molecule has 3 heteroatoms. The van der Waals surface area contributed by atoms with E-state index in [-0.39, 0.29) is 5.78 Å². The summed E-state index contributed by atoms with van der Waals surface area (Å²) < 4.78 is 5.22. The van der Waals surface area contributed by atoms with E-state index in [0.29, 0.717) is 6.42 Å². The number of ketones is 1. The number of carbonyl (C=O) groups excluding carboxylic acids is 1. The zero-order valence-electron chi connectivity index (χ0n) is 12.6. The molecule has 0 heterocycles. The van der Waals surface area contributed by atoms with E-state index in [1.165, 1.54) is 5.56 Å². The summed E-state index contributed by atoms with van der Waals surface area (Å²) in [4.78, 5) is 14.2. The van der Waals surface area contributed by atoms with Gasteiger partial charge in [-0.1, -0.05) is 42.5 Å². The van der Waals surface area contributed by atoms with Crippen LogP contribution in [0.2, 0.25) is 0 Å². The summed E-state index contributed by atoms with van der Waals surface area (Å²) in [6.45, 7) is 1.55. The predicted octanol–water partition coefficient (Wildman–Crippen LogP) is 3.40. The molecule has 0 saturated heterocycles. The highest BCUT2D eigenvalue weighted by atomic mass is 16.5. The van der Waals surface area contributed by atoms with Crippen LogP contribution >= 0.6 is 0 Å². The van der Waals surface area contributed by atoms with Gasteiger partial charge in [0.05, 0.1) is 7.11 Å². The molecular weight excluding hydrogens is 262 g/mol. The minimum Gasteiger partial charge on any atom is -0.497 e. The molecule has 3 nitrogen and oxygen atoms in total. The van der Waals surface area contributed by atoms with Gasteiger partial charge < -0.3 is 9.64 Å². The van der Waals surface area contributed by atoms with Gasteiger partial charge in [0.15, 0.2) is 5.78 Å². The number of hydrogen-bond donors (Lipinski definition) is 0. The minimum absolute atomic E-state index is 0.188. The number of rotatable bonds is 7. The third-order valence-electron chi connectivity index (χ3n) is 3.40. The van der Waals surface area contributed by atoms with Gasteiger partial charge in [-0.15, -0.1) is 0 Å². The molecule has 0 radical (unpaired) electrons. The van der Waals surface area contributed by atoms with Crippen molar-refractivity contribution in [2.75, 3.05) is 20.7 Å². The third kappa shape index (κ3) is 4.72. The van der Waals surface area contributed by atoms with Crippen molar-refractivity contribution in [3.8, 4) is 5.75 Å². The maximum atomic E-state index is 12.1. The van der Waals surface area contributed by atoms with Crippen LogP contribution in [0.1, 0.15) is 22.3 Å². The average molecular weight is 283 g/mol. The Hall–Kier alpha value is -2.13. The van der Waals surface area contributed by atoms with Crippen LogP contribution in [0.4, 0.5) is 0 Å². The van der Waals surface area contributed by atoms with Crippen molar-refractivity contribution in [2.24, 2.45) is 0 Å². The molecule has 0 atom stereocenters. The summed E-state index contributed by atoms with van der Waals surface area (Å²) in [7, 11) is 3.69. The third-order valence-corrected chi connectivity index (χ3v) is 3.40. The highest BCUT2D eigenvalue weighted by Gasteiger charge is 2.07. The molecule has 2 aromatic carbocycles. The number of methoxy groups -OCH3 is 1. The van der Waals surface area contributed by atoms with Gasteiger partial charge in [0.1, 0.15) is 5.75 Å². The molecule has 0 aromatic heterocycles. The van der Waals surface area contributed by atoms with E-state index < -0.39 is 0 Å². The molecule has 0 fully saturated rings. The Balaban J connectivity index is 1.84. The van der Waals surface area contributed by atoms with Crippen LogP contribution in [-0.2, 0) is 6.54 Å². The molecule has 0 N–H and O–H groups in total. The SMILES string of the molecule is COc1cccc(CN(C)CCC(=O)c2ccccc2)c1. The van der Waals surface area contributed by atoms with Gasteiger partial charge in [0.25, 0.3) is 0 Å². The first kappa shape index (κ1) is 15.3. The second-order valence-corrected chi connectivity index (χ2v) is 5.13. The van der Waals surface area contributed by atoms with E-state index in [2.05, 4.69) is 11.0 Å². The van der Waals surface area contributed by atoms with Crippen molar-refractivity contribution < 1.29 is 9.53 Å². The van der Waals surface area contributed by atoms with E-state index in [0.717, 1.165) is 24.4 Å². The van der Waals surface area contributed by atoms with Crippen LogP contribution < -0.4 is 4.74 Å². The van der Waals surface area contributed by atoms with Crippen molar-refractivity contribution in [1.29, 1.82) is 0 Å². The molecule has 110 valence electrons. The van der Waals surface area contributed by atoms with E-state index in [4.69, 9.17) is 4.74 Å². The number of ether oxygens (including phenoxy) is 1. The Morgan fingerprint density at radius 1 is 1.10 bits per heavy atom. The molecule has 0 bridgehead atoms. The first-order valence-electron chi connectivity index (χ1n) is 7.09. The number of nitrogens with zero attached hydrogens (tertiary/aromatic N) is 1. The lowest BCUT2D eigenvalue weighted by atomic mass is 10.1. The summed E-state index contributed by atoms with van der Waals surface area (Å²) in [6.07, 6.45) is 0.532. The summed E-state index contributed by atoms with van der Waals surface area (Å²) in [5.41, 5.74) is 1.97. The topological polar surface area (TPSA) is 29.5 Å². The predicted molar refractivity (Wildman–Crippen MR) is 84.7 cm³/mol. The lowest BCUT2D eigenvalue weighted by Gasteiger charge is -2.16. The summed E-state index contributed by atoms with van der Waals surface area (Å²) in [5, 5.41) is 0. The van der Waals surface area contributed by atoms with Crippen LogP contribution in [0.25, 0.3) is 0 Å². The highest BCUT2D eigenvalue weighted by molar-refractivity contribution is 5.96. The van der Waals surface area contributed by atoms with Crippen LogP contribution in [-0.4, -0.2) is 31.4 Å². The quantitative estimate of drug-likeness (QED) is 0.729. The monoisotopic (exact) mass is 283 g/mol. The molecule has 0 spiro atoms. The minimum atomic E-state index is 0.188. The van der Waals surface area contributed by atoms with Gasteiger partial charge in [-0.05, 0) is 24.7 Å². The molecule has 21 heavy (non-hydrogen) atoms. The van der Waals surface area contributed by atoms with Crippen molar-refractivity contribution >= 4 is 5.78 Å². The molecule has 0 amide bonds. The second-order valence-electron chi connectivity index (χ2n) is 5.13. The lowest BCUT2D eigenvalue weighted by molar-refractivity contribution is 0.0968. The maximum Gasteiger partial charge on any atom is 0.164 e. The van der Waals surface area contributed by atoms with Crippen LogP contribution in [0.5, 0.6) is 5.75 Å². The fourth-order valence-corrected chi connectivity index (χ4v) is 2.22. The van der Waals surface area contributed by atoms with Crippen LogP contribution in [0.3, 0.4) is 0 Å². The lowest BCUT2D eigenvalue weighted by Crippen LogP contribution is -2.21. The molecule has 0 saturated carbocycles. The van der Waals surface area contributed by atoms with Crippen molar-refractivity contribution in [2.45, 2.75) is 13.0 Å². The van der Waals surface area contributed by atoms with Crippen LogP contribution in [0.15, 0.2) is 54.6 Å². The van der Waals surface area contributed by atoms with Gasteiger partial charge >= 0.3 is 0 Å². The van der Waals surface area contributed by atoms with Crippen molar-refractivity contribution in [1.82, 2.24) is 4.90 Å². The van der Waals surface area contributed by atoms with Crippen molar-refractivity contribution in [3.63, 3.8) is 0 Å². The summed E-state index contributed by atoms with van der Waals surface area (Å²) in [5.74, 6) is 1.05. The normalized spacial score (nSPS) is 10.6. The van der Waals surface area contributed by atoms with Gasteiger partial charge in [0, 0.05) is 25.1 Å². The molecule has 2 rings (SSSR count). The second kappa shape index (κ2) is 7.60. The van der Waals surface area contributed by atoms with E-state index >= 15 is 0 Å². The Morgan fingerprint density at radius 3 is 2.57 bits per heavy atom. The summed E-state index contributed by atoms with van der Waals surface area (Å²) in [6, 6.07) is 17.5. The molecule has 0 aliphatic carbocycles. The van der Waals surface area contributed by atoms with E-state index in [1.807, 2.05) is 55.6 Å². The van der Waals surface area contributed by atoms with Gasteiger partial charge in [-0.3, -0.25) is 4.79 Å². The highest BCUT2D eigenvalue weighted by Crippen LogP contribution is 2.14. The number of hydrogen-bond acceptors (Lipinski definition) is 3. The largest absolute Gasteiger partial charge is 0.497 e. The Labute approximate surface area is 126 Å². The van der Waals surface area contributed by atoms with E-state index in [9.17, 15) is 4.79 Å². The number of carbonyl (C=O) groups is 1. The van der Waals surface area contributed by atoms with Crippen molar-refractivity contribution in [3.05, 3.63) is 65.7 Å².